The molecule has 1 heteroatoms. The standard InChI is InChI=1S/C29H50O/c1-18(2)19(3)8-9-20(4)23-10-11-24-22-16-26(30-7)29-17-21(29)12-15-28(29,6)25(22)13-14-27(23,24)5/h18-26H,8-17H2,1-7H3/t19-,20-,21+,22+,23-,24+,25+,26-,27-,28-,29+/m1/s1. The van der Waals surface area contributed by atoms with Gasteiger partial charge in [0.1, 0.15) is 0 Å². The van der Waals surface area contributed by atoms with Crippen LogP contribution in [0.5, 0.6) is 0 Å². The maximum Gasteiger partial charge on any atom is 0.0638 e. The molecular formula is C29H50O. The Morgan fingerprint density at radius 3 is 2.33 bits per heavy atom. The van der Waals surface area contributed by atoms with E-state index in [0.29, 0.717) is 22.3 Å². The van der Waals surface area contributed by atoms with E-state index >= 15 is 0 Å². The van der Waals surface area contributed by atoms with E-state index in [1.54, 1.807) is 0 Å². The Morgan fingerprint density at radius 1 is 0.900 bits per heavy atom. The first-order chi connectivity index (χ1) is 14.2. The van der Waals surface area contributed by atoms with Gasteiger partial charge in [-0.1, -0.05) is 54.4 Å². The van der Waals surface area contributed by atoms with Crippen molar-refractivity contribution in [1.29, 1.82) is 0 Å². The average Bonchev–Trinajstić information content (AvgIpc) is 3.22. The number of methoxy groups -OCH3 is 1. The van der Waals surface area contributed by atoms with Gasteiger partial charge in [-0.15, -0.1) is 0 Å². The maximum absolute atomic E-state index is 6.31. The van der Waals surface area contributed by atoms with E-state index in [4.69, 9.17) is 4.74 Å². The van der Waals surface area contributed by atoms with Crippen LogP contribution < -0.4 is 0 Å². The quantitative estimate of drug-likeness (QED) is 0.428. The van der Waals surface area contributed by atoms with E-state index in [9.17, 15) is 0 Å². The zero-order valence-corrected chi connectivity index (χ0v) is 21.2. The highest BCUT2D eigenvalue weighted by molar-refractivity contribution is 5.26. The van der Waals surface area contributed by atoms with Crippen molar-refractivity contribution < 1.29 is 4.74 Å². The second kappa shape index (κ2) is 7.23. The van der Waals surface area contributed by atoms with Crippen LogP contribution in [-0.4, -0.2) is 13.2 Å². The molecule has 5 saturated carbocycles. The van der Waals surface area contributed by atoms with Crippen LogP contribution in [0.2, 0.25) is 0 Å². The number of ether oxygens (including phenoxy) is 1. The molecule has 0 radical (unpaired) electrons. The maximum atomic E-state index is 6.31. The van der Waals surface area contributed by atoms with Gasteiger partial charge in [-0.3, -0.25) is 0 Å². The Hall–Kier alpha value is -0.0400. The van der Waals surface area contributed by atoms with Crippen LogP contribution in [0.1, 0.15) is 106 Å². The molecule has 0 saturated heterocycles. The van der Waals surface area contributed by atoms with Crippen molar-refractivity contribution in [3.05, 3.63) is 0 Å². The van der Waals surface area contributed by atoms with E-state index in [2.05, 4.69) is 41.5 Å². The summed E-state index contributed by atoms with van der Waals surface area (Å²) in [6.45, 7) is 15.3. The van der Waals surface area contributed by atoms with Gasteiger partial charge in [0, 0.05) is 12.5 Å². The topological polar surface area (TPSA) is 9.23 Å². The van der Waals surface area contributed by atoms with Crippen LogP contribution in [0.3, 0.4) is 0 Å². The van der Waals surface area contributed by atoms with Gasteiger partial charge in [-0.2, -0.15) is 0 Å². The largest absolute Gasteiger partial charge is 0.381 e. The molecule has 172 valence electrons. The van der Waals surface area contributed by atoms with Crippen LogP contribution >= 0.6 is 0 Å². The summed E-state index contributed by atoms with van der Waals surface area (Å²) in [4.78, 5) is 0. The fourth-order valence-electron chi connectivity index (χ4n) is 10.6. The average molecular weight is 415 g/mol. The number of fused-ring (bicyclic) bond motifs is 4. The molecule has 0 aliphatic heterocycles. The Kier molecular flexibility index (Phi) is 5.25. The summed E-state index contributed by atoms with van der Waals surface area (Å²) in [5.41, 5.74) is 1.76. The van der Waals surface area contributed by atoms with Crippen molar-refractivity contribution in [2.24, 2.45) is 63.6 Å². The van der Waals surface area contributed by atoms with Crippen LogP contribution in [0.15, 0.2) is 0 Å². The molecule has 1 nitrogen and oxygen atoms in total. The molecule has 0 aromatic rings. The summed E-state index contributed by atoms with van der Waals surface area (Å²) >= 11 is 0. The van der Waals surface area contributed by atoms with Gasteiger partial charge in [0.25, 0.3) is 0 Å². The summed E-state index contributed by atoms with van der Waals surface area (Å²) in [7, 11) is 2.03. The molecule has 5 aliphatic rings. The van der Waals surface area contributed by atoms with Gasteiger partial charge >= 0.3 is 0 Å². The van der Waals surface area contributed by atoms with E-state index < -0.39 is 0 Å². The predicted molar refractivity (Wildman–Crippen MR) is 126 cm³/mol. The Balaban J connectivity index is 1.35. The molecule has 5 aliphatic carbocycles. The van der Waals surface area contributed by atoms with Crippen molar-refractivity contribution in [3.63, 3.8) is 0 Å². The number of hydrogen-bond donors (Lipinski definition) is 0. The predicted octanol–water partition coefficient (Wildman–Crippen LogP) is 7.98. The minimum Gasteiger partial charge on any atom is -0.381 e. The Labute approximate surface area is 187 Å². The first-order valence-corrected chi connectivity index (χ1v) is 13.7. The molecule has 0 unspecified atom stereocenters. The van der Waals surface area contributed by atoms with Gasteiger partial charge < -0.3 is 4.74 Å². The van der Waals surface area contributed by atoms with Crippen LogP contribution in [0, 0.1) is 63.6 Å². The van der Waals surface area contributed by atoms with Crippen molar-refractivity contribution in [2.45, 2.75) is 112 Å². The van der Waals surface area contributed by atoms with Gasteiger partial charge in [0.05, 0.1) is 6.10 Å². The van der Waals surface area contributed by atoms with Gasteiger partial charge in [0.15, 0.2) is 0 Å². The molecule has 0 amide bonds. The molecular weight excluding hydrogens is 364 g/mol. The fourth-order valence-corrected chi connectivity index (χ4v) is 10.6. The number of hydrogen-bond acceptors (Lipinski definition) is 1. The normalized spacial score (nSPS) is 53.6. The molecule has 0 aromatic carbocycles. The van der Waals surface area contributed by atoms with E-state index in [1.807, 2.05) is 7.11 Å². The smallest absolute Gasteiger partial charge is 0.0638 e. The second-order valence-electron chi connectivity index (χ2n) is 13.7. The summed E-state index contributed by atoms with van der Waals surface area (Å²) in [5.74, 6) is 7.47. The lowest BCUT2D eigenvalue weighted by Gasteiger charge is -2.61. The molecule has 1 spiro atoms. The zero-order valence-electron chi connectivity index (χ0n) is 21.2. The molecule has 0 N–H and O–H groups in total. The Bertz CT molecular complexity index is 655. The molecule has 11 atom stereocenters. The van der Waals surface area contributed by atoms with Crippen LogP contribution in [-0.2, 0) is 4.74 Å². The van der Waals surface area contributed by atoms with Gasteiger partial charge in [-0.25, -0.2) is 0 Å². The summed E-state index contributed by atoms with van der Waals surface area (Å²) in [6, 6.07) is 0. The molecule has 0 bridgehead atoms. The fraction of sp³-hybridized carbons (Fsp3) is 1.00. The van der Waals surface area contributed by atoms with Crippen molar-refractivity contribution in [2.75, 3.05) is 7.11 Å². The lowest BCUT2D eigenvalue weighted by molar-refractivity contribution is -0.161. The minimum atomic E-state index is 0.557. The van der Waals surface area contributed by atoms with Crippen molar-refractivity contribution >= 4 is 0 Å². The Morgan fingerprint density at radius 2 is 1.67 bits per heavy atom. The molecule has 5 fully saturated rings. The zero-order chi connectivity index (χ0) is 21.5. The molecule has 0 aromatic heterocycles. The first kappa shape index (κ1) is 21.8. The third-order valence-corrected chi connectivity index (χ3v) is 12.8. The van der Waals surface area contributed by atoms with Gasteiger partial charge in [-0.05, 0) is 110 Å². The second-order valence-corrected chi connectivity index (χ2v) is 13.7. The summed E-state index contributed by atoms with van der Waals surface area (Å²) in [5, 5.41) is 0. The van der Waals surface area contributed by atoms with Crippen molar-refractivity contribution in [1.82, 2.24) is 0 Å². The molecule has 5 rings (SSSR count). The lowest BCUT2D eigenvalue weighted by Crippen LogP contribution is -2.57. The van der Waals surface area contributed by atoms with Crippen molar-refractivity contribution in [3.8, 4) is 0 Å². The SMILES string of the molecule is CO[C@@H]1C[C@H]2[C@@H]3CC[C@H]([C@H](C)CC[C@@H](C)C(C)C)[C@@]3(C)CC[C@@H]2[C@@]2(C)CC[C@H]3C[C@]312. The minimum absolute atomic E-state index is 0.557. The third-order valence-electron chi connectivity index (χ3n) is 12.8. The molecule has 0 heterocycles. The molecule has 30 heavy (non-hydrogen) atoms. The first-order valence-electron chi connectivity index (χ1n) is 13.7. The van der Waals surface area contributed by atoms with E-state index in [0.717, 1.165) is 47.3 Å². The van der Waals surface area contributed by atoms with Gasteiger partial charge in [0.2, 0.25) is 0 Å². The lowest BCUT2D eigenvalue weighted by atomic mass is 9.45. The summed E-state index contributed by atoms with van der Waals surface area (Å²) in [6.07, 6.45) is 15.3. The van der Waals surface area contributed by atoms with Crippen LogP contribution in [0.25, 0.3) is 0 Å². The summed E-state index contributed by atoms with van der Waals surface area (Å²) < 4.78 is 6.31. The highest BCUT2D eigenvalue weighted by atomic mass is 16.5. The third kappa shape index (κ3) is 2.75. The monoisotopic (exact) mass is 414 g/mol. The highest BCUT2D eigenvalue weighted by Crippen LogP contribution is 2.82. The van der Waals surface area contributed by atoms with Crippen LogP contribution in [0.4, 0.5) is 0 Å². The number of rotatable bonds is 6. The van der Waals surface area contributed by atoms with E-state index in [-0.39, 0.29) is 0 Å². The van der Waals surface area contributed by atoms with E-state index in [1.165, 1.54) is 64.2 Å². The highest BCUT2D eigenvalue weighted by Gasteiger charge is 2.77.